The highest BCUT2D eigenvalue weighted by atomic mass is 16.3. The molecule has 1 aromatic carbocycles. The molecule has 16 heavy (non-hydrogen) atoms. The zero-order valence-electron chi connectivity index (χ0n) is 10.4. The van der Waals surface area contributed by atoms with Gasteiger partial charge in [-0.2, -0.15) is 0 Å². The first-order valence-corrected chi connectivity index (χ1v) is 6.41. The van der Waals surface area contributed by atoms with E-state index in [1.807, 2.05) is 0 Å². The third-order valence-electron chi connectivity index (χ3n) is 3.96. The van der Waals surface area contributed by atoms with Crippen LogP contribution in [-0.2, 0) is 6.42 Å². The van der Waals surface area contributed by atoms with E-state index in [1.54, 1.807) is 0 Å². The summed E-state index contributed by atoms with van der Waals surface area (Å²) >= 11 is 0. The van der Waals surface area contributed by atoms with Crippen molar-refractivity contribution in [1.82, 2.24) is 0 Å². The Hall–Kier alpha value is -0.820. The molecule has 1 N–H and O–H groups in total. The molecule has 0 amide bonds. The van der Waals surface area contributed by atoms with E-state index in [0.29, 0.717) is 5.92 Å². The highest BCUT2D eigenvalue weighted by molar-refractivity contribution is 5.30. The summed E-state index contributed by atoms with van der Waals surface area (Å²) < 4.78 is 0. The molecule has 88 valence electrons. The van der Waals surface area contributed by atoms with Crippen molar-refractivity contribution in [1.29, 1.82) is 0 Å². The first-order chi connectivity index (χ1) is 7.66. The van der Waals surface area contributed by atoms with Gasteiger partial charge in [-0.05, 0) is 55.7 Å². The van der Waals surface area contributed by atoms with Gasteiger partial charge in [0.25, 0.3) is 0 Å². The van der Waals surface area contributed by atoms with Gasteiger partial charge in [-0.3, -0.25) is 0 Å². The molecule has 0 bridgehead atoms. The van der Waals surface area contributed by atoms with Crippen molar-refractivity contribution in [3.05, 3.63) is 34.9 Å². The summed E-state index contributed by atoms with van der Waals surface area (Å²) in [5.74, 6) is 0.543. The van der Waals surface area contributed by atoms with Gasteiger partial charge in [0.15, 0.2) is 0 Å². The van der Waals surface area contributed by atoms with Crippen LogP contribution in [0.4, 0.5) is 0 Å². The van der Waals surface area contributed by atoms with Gasteiger partial charge >= 0.3 is 0 Å². The maximum atomic E-state index is 10.2. The van der Waals surface area contributed by atoms with Gasteiger partial charge < -0.3 is 5.11 Å². The molecule has 0 saturated heterocycles. The fraction of sp³-hybridized carbons (Fsp3) is 0.600. The first kappa shape index (κ1) is 11.7. The van der Waals surface area contributed by atoms with Gasteiger partial charge in [-0.25, -0.2) is 0 Å². The second kappa shape index (κ2) is 5.01. The van der Waals surface area contributed by atoms with E-state index in [2.05, 4.69) is 32.0 Å². The van der Waals surface area contributed by atoms with Crippen LogP contribution in [0, 0.1) is 19.8 Å². The van der Waals surface area contributed by atoms with Gasteiger partial charge in [0.2, 0.25) is 0 Å². The Kier molecular flexibility index (Phi) is 3.65. The zero-order valence-corrected chi connectivity index (χ0v) is 10.4. The predicted molar refractivity (Wildman–Crippen MR) is 67.6 cm³/mol. The van der Waals surface area contributed by atoms with E-state index >= 15 is 0 Å². The molecule has 1 fully saturated rings. The van der Waals surface area contributed by atoms with Crippen LogP contribution in [0.1, 0.15) is 42.4 Å². The van der Waals surface area contributed by atoms with Crippen molar-refractivity contribution < 1.29 is 5.11 Å². The van der Waals surface area contributed by atoms with Crippen LogP contribution in [0.5, 0.6) is 0 Å². The standard InChI is InChI=1S/C15H22O/c1-11-7-8-13(9-12(11)2)10-15(16)14-5-3-4-6-14/h7-9,14-16H,3-6,10H2,1-2H3. The summed E-state index contributed by atoms with van der Waals surface area (Å²) in [5.41, 5.74) is 3.94. The molecular formula is C15H22O. The first-order valence-electron chi connectivity index (χ1n) is 6.41. The average Bonchev–Trinajstić information content (AvgIpc) is 2.77. The predicted octanol–water partition coefficient (Wildman–Crippen LogP) is 3.40. The molecular weight excluding hydrogens is 196 g/mol. The second-order valence-electron chi connectivity index (χ2n) is 5.23. The molecule has 1 saturated carbocycles. The lowest BCUT2D eigenvalue weighted by Gasteiger charge is -2.18. The summed E-state index contributed by atoms with van der Waals surface area (Å²) in [4.78, 5) is 0. The van der Waals surface area contributed by atoms with Gasteiger partial charge in [-0.15, -0.1) is 0 Å². The highest BCUT2D eigenvalue weighted by Gasteiger charge is 2.23. The third-order valence-corrected chi connectivity index (χ3v) is 3.96. The molecule has 0 spiro atoms. The van der Waals surface area contributed by atoms with E-state index in [0.717, 1.165) is 6.42 Å². The van der Waals surface area contributed by atoms with Crippen molar-refractivity contribution in [3.63, 3.8) is 0 Å². The molecule has 1 unspecified atom stereocenters. The molecule has 1 aromatic rings. The Morgan fingerprint density at radius 1 is 1.19 bits per heavy atom. The monoisotopic (exact) mass is 218 g/mol. The summed E-state index contributed by atoms with van der Waals surface area (Å²) in [6.07, 6.45) is 5.72. The quantitative estimate of drug-likeness (QED) is 0.824. The number of hydrogen-bond donors (Lipinski definition) is 1. The molecule has 0 aromatic heterocycles. The van der Waals surface area contributed by atoms with Gasteiger partial charge in [0, 0.05) is 0 Å². The fourth-order valence-electron chi connectivity index (χ4n) is 2.68. The van der Waals surface area contributed by atoms with Gasteiger partial charge in [0.1, 0.15) is 0 Å². The Balaban J connectivity index is 1.99. The number of rotatable bonds is 3. The number of aliphatic hydroxyl groups excluding tert-OH is 1. The molecule has 2 rings (SSSR count). The lowest BCUT2D eigenvalue weighted by Crippen LogP contribution is -2.20. The maximum absolute atomic E-state index is 10.2. The molecule has 1 atom stereocenters. The molecule has 0 aliphatic heterocycles. The van der Waals surface area contributed by atoms with Crippen LogP contribution in [0.15, 0.2) is 18.2 Å². The van der Waals surface area contributed by atoms with Crippen molar-refractivity contribution in [2.24, 2.45) is 5.92 Å². The largest absolute Gasteiger partial charge is 0.392 e. The molecule has 1 nitrogen and oxygen atoms in total. The normalized spacial score (nSPS) is 18.9. The van der Waals surface area contributed by atoms with Crippen LogP contribution in [0.3, 0.4) is 0 Å². The lowest BCUT2D eigenvalue weighted by atomic mass is 9.93. The minimum atomic E-state index is -0.135. The summed E-state index contributed by atoms with van der Waals surface area (Å²) in [6, 6.07) is 6.53. The van der Waals surface area contributed by atoms with Crippen LogP contribution in [0.2, 0.25) is 0 Å². The maximum Gasteiger partial charge on any atom is 0.0608 e. The summed E-state index contributed by atoms with van der Waals surface area (Å²) in [5, 5.41) is 10.2. The fourth-order valence-corrected chi connectivity index (χ4v) is 2.68. The van der Waals surface area contributed by atoms with Gasteiger partial charge in [-0.1, -0.05) is 31.0 Å². The van der Waals surface area contributed by atoms with E-state index in [9.17, 15) is 5.11 Å². The summed E-state index contributed by atoms with van der Waals surface area (Å²) in [7, 11) is 0. The number of benzene rings is 1. The van der Waals surface area contributed by atoms with Crippen molar-refractivity contribution in [3.8, 4) is 0 Å². The van der Waals surface area contributed by atoms with Crippen LogP contribution < -0.4 is 0 Å². The van der Waals surface area contributed by atoms with Crippen LogP contribution in [0.25, 0.3) is 0 Å². The lowest BCUT2D eigenvalue weighted by molar-refractivity contribution is 0.111. The average molecular weight is 218 g/mol. The highest BCUT2D eigenvalue weighted by Crippen LogP contribution is 2.29. The smallest absolute Gasteiger partial charge is 0.0608 e. The van der Waals surface area contributed by atoms with E-state index in [-0.39, 0.29) is 6.10 Å². The topological polar surface area (TPSA) is 20.2 Å². The second-order valence-corrected chi connectivity index (χ2v) is 5.23. The van der Waals surface area contributed by atoms with Crippen LogP contribution >= 0.6 is 0 Å². The summed E-state index contributed by atoms with van der Waals surface area (Å²) in [6.45, 7) is 4.27. The molecule has 1 aliphatic rings. The number of hydrogen-bond acceptors (Lipinski definition) is 1. The molecule has 1 aliphatic carbocycles. The Morgan fingerprint density at radius 3 is 2.50 bits per heavy atom. The van der Waals surface area contributed by atoms with Crippen molar-refractivity contribution in [2.75, 3.05) is 0 Å². The molecule has 0 heterocycles. The third kappa shape index (κ3) is 2.65. The Labute approximate surface area is 98.5 Å². The SMILES string of the molecule is Cc1ccc(CC(O)C2CCCC2)cc1C. The molecule has 0 radical (unpaired) electrons. The van der Waals surface area contributed by atoms with Crippen molar-refractivity contribution >= 4 is 0 Å². The zero-order chi connectivity index (χ0) is 11.5. The van der Waals surface area contributed by atoms with E-state index < -0.39 is 0 Å². The molecule has 1 heteroatoms. The number of aliphatic hydroxyl groups is 1. The van der Waals surface area contributed by atoms with E-state index in [4.69, 9.17) is 0 Å². The van der Waals surface area contributed by atoms with E-state index in [1.165, 1.54) is 42.4 Å². The number of aryl methyl sites for hydroxylation is 2. The Bertz CT molecular complexity index is 350. The minimum Gasteiger partial charge on any atom is -0.392 e. The Morgan fingerprint density at radius 2 is 1.88 bits per heavy atom. The van der Waals surface area contributed by atoms with Crippen LogP contribution in [-0.4, -0.2) is 11.2 Å². The minimum absolute atomic E-state index is 0.135. The van der Waals surface area contributed by atoms with Gasteiger partial charge in [0.05, 0.1) is 6.10 Å². The van der Waals surface area contributed by atoms with Crippen molar-refractivity contribution in [2.45, 2.75) is 52.1 Å².